The Labute approximate surface area is 109 Å². The molecule has 0 fully saturated rings. The molecule has 19 heavy (non-hydrogen) atoms. The van der Waals surface area contributed by atoms with Gasteiger partial charge in [-0.3, -0.25) is 25.3 Å². The number of nitro groups is 1. The fourth-order valence-electron chi connectivity index (χ4n) is 1.01. The fraction of sp³-hybridized carbons (Fsp3) is 0.182. The van der Waals surface area contributed by atoms with Gasteiger partial charge in [0.05, 0.1) is 17.0 Å². The van der Waals surface area contributed by atoms with Crippen LogP contribution in [-0.4, -0.2) is 34.6 Å². The third kappa shape index (κ3) is 8.02. The summed E-state index contributed by atoms with van der Waals surface area (Å²) in [6.07, 6.45) is 1.35. The maximum Gasteiger partial charge on any atom is 0.300 e. The van der Waals surface area contributed by atoms with Gasteiger partial charge in [0.2, 0.25) is 0 Å². The molecular formula is C11H14N4O4. The van der Waals surface area contributed by atoms with Crippen molar-refractivity contribution >= 4 is 23.7 Å². The van der Waals surface area contributed by atoms with Crippen LogP contribution in [0.4, 0.5) is 5.69 Å². The van der Waals surface area contributed by atoms with Crippen LogP contribution in [0.5, 0.6) is 0 Å². The number of carboxylic acids is 1. The van der Waals surface area contributed by atoms with E-state index in [4.69, 9.17) is 21.0 Å². The molecule has 0 radical (unpaired) electrons. The Morgan fingerprint density at radius 2 is 2.11 bits per heavy atom. The second-order valence-corrected chi connectivity index (χ2v) is 3.33. The SMILES string of the molecule is CC(=O)O.N=C(N)CN=Cc1ccccc1[N+](=O)[O-]. The molecule has 0 saturated heterocycles. The van der Waals surface area contributed by atoms with Gasteiger partial charge in [0, 0.05) is 19.2 Å². The van der Waals surface area contributed by atoms with E-state index in [2.05, 4.69) is 4.99 Å². The van der Waals surface area contributed by atoms with Gasteiger partial charge < -0.3 is 10.8 Å². The highest BCUT2D eigenvalue weighted by Gasteiger charge is 2.09. The molecule has 0 aliphatic carbocycles. The van der Waals surface area contributed by atoms with Crippen LogP contribution in [0.25, 0.3) is 0 Å². The van der Waals surface area contributed by atoms with Crippen LogP contribution in [0.1, 0.15) is 12.5 Å². The molecule has 8 nitrogen and oxygen atoms in total. The van der Waals surface area contributed by atoms with E-state index in [9.17, 15) is 10.1 Å². The molecule has 0 saturated carbocycles. The van der Waals surface area contributed by atoms with Crippen molar-refractivity contribution in [3.05, 3.63) is 39.9 Å². The maximum absolute atomic E-state index is 10.6. The van der Waals surface area contributed by atoms with E-state index in [0.717, 1.165) is 6.92 Å². The second-order valence-electron chi connectivity index (χ2n) is 3.33. The van der Waals surface area contributed by atoms with Gasteiger partial charge in [-0.1, -0.05) is 12.1 Å². The molecule has 0 heterocycles. The third-order valence-electron chi connectivity index (χ3n) is 1.63. The van der Waals surface area contributed by atoms with Gasteiger partial charge in [-0.15, -0.1) is 0 Å². The summed E-state index contributed by atoms with van der Waals surface area (Å²) in [7, 11) is 0. The number of amidine groups is 1. The molecule has 0 aliphatic heterocycles. The van der Waals surface area contributed by atoms with Crippen LogP contribution < -0.4 is 5.73 Å². The van der Waals surface area contributed by atoms with Crippen molar-refractivity contribution in [1.82, 2.24) is 0 Å². The van der Waals surface area contributed by atoms with Crippen molar-refractivity contribution in [2.75, 3.05) is 6.54 Å². The molecule has 1 rings (SSSR count). The molecule has 0 atom stereocenters. The van der Waals surface area contributed by atoms with Gasteiger partial charge in [-0.25, -0.2) is 0 Å². The average Bonchev–Trinajstić information content (AvgIpc) is 2.28. The average molecular weight is 266 g/mol. The highest BCUT2D eigenvalue weighted by molar-refractivity contribution is 5.87. The number of aliphatic carboxylic acids is 1. The molecule has 4 N–H and O–H groups in total. The summed E-state index contributed by atoms with van der Waals surface area (Å²) in [5.74, 6) is -0.912. The number of nitro benzene ring substituents is 1. The van der Waals surface area contributed by atoms with E-state index in [1.165, 1.54) is 12.3 Å². The van der Waals surface area contributed by atoms with Gasteiger partial charge in [0.25, 0.3) is 11.7 Å². The second kappa shape index (κ2) is 8.34. The van der Waals surface area contributed by atoms with E-state index in [0.29, 0.717) is 5.56 Å². The zero-order chi connectivity index (χ0) is 14.8. The predicted octanol–water partition coefficient (Wildman–Crippen LogP) is 1.04. The zero-order valence-corrected chi connectivity index (χ0v) is 10.2. The standard InChI is InChI=1S/C9H10N4O2.C2H4O2/c10-9(11)6-12-5-7-3-1-2-4-8(7)13(14)15;1-2(3)4/h1-5H,6H2,(H3,10,11);1H3,(H,3,4). The van der Waals surface area contributed by atoms with Crippen molar-refractivity contribution in [1.29, 1.82) is 5.41 Å². The van der Waals surface area contributed by atoms with Crippen molar-refractivity contribution in [3.8, 4) is 0 Å². The number of hydrogen-bond donors (Lipinski definition) is 3. The quantitative estimate of drug-likeness (QED) is 0.323. The first-order valence-corrected chi connectivity index (χ1v) is 5.10. The van der Waals surface area contributed by atoms with Crippen LogP contribution in [0.3, 0.4) is 0 Å². The number of nitrogens with zero attached hydrogens (tertiary/aromatic N) is 2. The molecule has 0 bridgehead atoms. The lowest BCUT2D eigenvalue weighted by atomic mass is 10.2. The summed E-state index contributed by atoms with van der Waals surface area (Å²) < 4.78 is 0. The molecule has 1 aromatic rings. The highest BCUT2D eigenvalue weighted by Crippen LogP contribution is 2.14. The Hall–Kier alpha value is -2.77. The number of rotatable bonds is 4. The predicted molar refractivity (Wildman–Crippen MR) is 70.8 cm³/mol. The Morgan fingerprint density at radius 3 is 2.58 bits per heavy atom. The number of benzene rings is 1. The summed E-state index contributed by atoms with van der Waals surface area (Å²) in [4.78, 5) is 22.9. The first-order valence-electron chi connectivity index (χ1n) is 5.10. The van der Waals surface area contributed by atoms with E-state index >= 15 is 0 Å². The normalized spacial score (nSPS) is 9.53. The summed E-state index contributed by atoms with van der Waals surface area (Å²) in [5, 5.41) is 24.9. The highest BCUT2D eigenvalue weighted by atomic mass is 16.6. The van der Waals surface area contributed by atoms with Crippen molar-refractivity contribution in [2.24, 2.45) is 10.7 Å². The van der Waals surface area contributed by atoms with Crippen LogP contribution in [-0.2, 0) is 4.79 Å². The van der Waals surface area contributed by atoms with E-state index < -0.39 is 10.9 Å². The lowest BCUT2D eigenvalue weighted by Gasteiger charge is -1.95. The topological polar surface area (TPSA) is 143 Å². The van der Waals surface area contributed by atoms with Gasteiger partial charge in [-0.2, -0.15) is 0 Å². The fourth-order valence-corrected chi connectivity index (χ4v) is 1.01. The third-order valence-corrected chi connectivity index (χ3v) is 1.63. The van der Waals surface area contributed by atoms with Gasteiger partial charge >= 0.3 is 0 Å². The lowest BCUT2D eigenvalue weighted by molar-refractivity contribution is -0.385. The van der Waals surface area contributed by atoms with Crippen LogP contribution >= 0.6 is 0 Å². The zero-order valence-electron chi connectivity index (χ0n) is 10.2. The number of carboxylic acid groups (broad SMARTS) is 1. The minimum Gasteiger partial charge on any atom is -0.481 e. The first-order chi connectivity index (χ1) is 8.84. The number of carbonyl (C=O) groups is 1. The molecule has 0 spiro atoms. The van der Waals surface area contributed by atoms with Crippen LogP contribution in [0, 0.1) is 15.5 Å². The largest absolute Gasteiger partial charge is 0.481 e. The lowest BCUT2D eigenvalue weighted by Crippen LogP contribution is -2.13. The summed E-state index contributed by atoms with van der Waals surface area (Å²) in [5.41, 5.74) is 5.49. The summed E-state index contributed by atoms with van der Waals surface area (Å²) >= 11 is 0. The Morgan fingerprint density at radius 1 is 1.58 bits per heavy atom. The van der Waals surface area contributed by atoms with E-state index in [1.807, 2.05) is 0 Å². The minimum absolute atomic E-state index is 0.00944. The Kier molecular flexibility index (Phi) is 7.12. The summed E-state index contributed by atoms with van der Waals surface area (Å²) in [6, 6.07) is 6.25. The summed E-state index contributed by atoms with van der Waals surface area (Å²) in [6.45, 7) is 1.13. The van der Waals surface area contributed by atoms with Crippen molar-refractivity contribution in [2.45, 2.75) is 6.92 Å². The molecule has 1 aromatic carbocycles. The molecule has 0 aliphatic rings. The number of aliphatic imine (C=N–C) groups is 1. The number of nitrogens with one attached hydrogen (secondary N) is 1. The molecule has 102 valence electrons. The number of para-hydroxylation sites is 1. The molecular weight excluding hydrogens is 252 g/mol. The molecule has 0 aromatic heterocycles. The molecule has 8 heteroatoms. The van der Waals surface area contributed by atoms with Crippen molar-refractivity contribution in [3.63, 3.8) is 0 Å². The van der Waals surface area contributed by atoms with Gasteiger partial charge in [0.15, 0.2) is 0 Å². The number of nitrogens with two attached hydrogens (primary N) is 1. The first kappa shape index (κ1) is 16.2. The van der Waals surface area contributed by atoms with Gasteiger partial charge in [-0.05, 0) is 6.07 Å². The minimum atomic E-state index is -0.833. The van der Waals surface area contributed by atoms with Crippen LogP contribution in [0.15, 0.2) is 29.3 Å². The number of hydrogen-bond acceptors (Lipinski definition) is 5. The van der Waals surface area contributed by atoms with Gasteiger partial charge in [0.1, 0.15) is 5.84 Å². The van der Waals surface area contributed by atoms with Crippen LogP contribution in [0.2, 0.25) is 0 Å². The molecule has 0 amide bonds. The molecule has 0 unspecified atom stereocenters. The maximum atomic E-state index is 10.6. The monoisotopic (exact) mass is 266 g/mol. The Balaban J connectivity index is 0.000000711. The van der Waals surface area contributed by atoms with E-state index in [-0.39, 0.29) is 18.1 Å². The Bertz CT molecular complexity index is 495. The van der Waals surface area contributed by atoms with Crippen molar-refractivity contribution < 1.29 is 14.8 Å². The van der Waals surface area contributed by atoms with E-state index in [1.54, 1.807) is 18.2 Å². The smallest absolute Gasteiger partial charge is 0.300 e.